The van der Waals surface area contributed by atoms with Crippen molar-refractivity contribution >= 4 is 17.5 Å². The highest BCUT2D eigenvalue weighted by Gasteiger charge is 2.08. The maximum Gasteiger partial charge on any atom is 0.251 e. The molecule has 0 aliphatic rings. The topological polar surface area (TPSA) is 49.3 Å². The molecule has 1 rings (SSSR count). The van der Waals surface area contributed by atoms with Gasteiger partial charge in [0.05, 0.1) is 6.10 Å². The van der Waals surface area contributed by atoms with Crippen LogP contribution in [-0.4, -0.2) is 23.7 Å². The van der Waals surface area contributed by atoms with Gasteiger partial charge in [0.25, 0.3) is 5.91 Å². The van der Waals surface area contributed by atoms with Crippen LogP contribution in [-0.2, 0) is 5.88 Å². The number of halogens is 1. The number of hydrogen-bond acceptors (Lipinski definition) is 2. The van der Waals surface area contributed by atoms with Gasteiger partial charge in [0.2, 0.25) is 0 Å². The zero-order chi connectivity index (χ0) is 12.7. The van der Waals surface area contributed by atoms with Crippen molar-refractivity contribution in [2.75, 3.05) is 6.54 Å². The van der Waals surface area contributed by atoms with Gasteiger partial charge in [-0.15, -0.1) is 11.6 Å². The molecule has 94 valence electrons. The fraction of sp³-hybridized carbons (Fsp3) is 0.462. The Kier molecular flexibility index (Phi) is 6.01. The van der Waals surface area contributed by atoms with Crippen LogP contribution in [0.5, 0.6) is 0 Å². The minimum Gasteiger partial charge on any atom is -0.391 e. The molecule has 0 heterocycles. The Morgan fingerprint density at radius 2 is 2.29 bits per heavy atom. The lowest BCUT2D eigenvalue weighted by Gasteiger charge is -2.11. The third-order valence-corrected chi connectivity index (χ3v) is 2.77. The zero-order valence-electron chi connectivity index (χ0n) is 9.95. The van der Waals surface area contributed by atoms with Gasteiger partial charge >= 0.3 is 0 Å². The predicted molar refractivity (Wildman–Crippen MR) is 69.2 cm³/mol. The molecule has 0 bridgehead atoms. The number of hydrogen-bond donors (Lipinski definition) is 2. The van der Waals surface area contributed by atoms with E-state index in [1.54, 1.807) is 18.2 Å². The number of alkyl halides is 1. The first-order valence-corrected chi connectivity index (χ1v) is 6.32. The lowest BCUT2D eigenvalue weighted by molar-refractivity contribution is 0.0910. The Labute approximate surface area is 107 Å². The molecule has 0 aliphatic carbocycles. The van der Waals surface area contributed by atoms with Gasteiger partial charge in [-0.05, 0) is 24.1 Å². The van der Waals surface area contributed by atoms with Gasteiger partial charge in [0.15, 0.2) is 0 Å². The van der Waals surface area contributed by atoms with Crippen LogP contribution in [0.2, 0.25) is 0 Å². The molecular formula is C13H18ClNO2. The third-order valence-electron chi connectivity index (χ3n) is 2.46. The minimum atomic E-state index is -0.472. The summed E-state index contributed by atoms with van der Waals surface area (Å²) >= 11 is 5.70. The highest BCUT2D eigenvalue weighted by atomic mass is 35.5. The Balaban J connectivity index is 2.51. The number of carbonyl (C=O) groups is 1. The van der Waals surface area contributed by atoms with Crippen molar-refractivity contribution < 1.29 is 9.90 Å². The van der Waals surface area contributed by atoms with Crippen LogP contribution in [0.15, 0.2) is 24.3 Å². The predicted octanol–water partition coefficient (Wildman–Crippen LogP) is 2.32. The number of carbonyl (C=O) groups excluding carboxylic acids is 1. The van der Waals surface area contributed by atoms with Crippen molar-refractivity contribution in [3.8, 4) is 0 Å². The van der Waals surface area contributed by atoms with Gasteiger partial charge in [-0.2, -0.15) is 0 Å². The van der Waals surface area contributed by atoms with E-state index >= 15 is 0 Å². The van der Waals surface area contributed by atoms with Gasteiger partial charge in [-0.3, -0.25) is 4.79 Å². The molecule has 1 aromatic rings. The van der Waals surface area contributed by atoms with Crippen LogP contribution in [0.25, 0.3) is 0 Å². The SMILES string of the molecule is CCCC(O)CNC(=O)c1cccc(CCl)c1. The number of amides is 1. The van der Waals surface area contributed by atoms with Gasteiger partial charge in [0, 0.05) is 18.0 Å². The van der Waals surface area contributed by atoms with Crippen molar-refractivity contribution in [1.29, 1.82) is 0 Å². The minimum absolute atomic E-state index is 0.174. The van der Waals surface area contributed by atoms with Gasteiger partial charge < -0.3 is 10.4 Å². The molecule has 0 saturated carbocycles. The quantitative estimate of drug-likeness (QED) is 0.767. The molecule has 3 nitrogen and oxygen atoms in total. The summed E-state index contributed by atoms with van der Waals surface area (Å²) in [6, 6.07) is 7.16. The summed E-state index contributed by atoms with van der Waals surface area (Å²) in [6.45, 7) is 2.28. The summed E-state index contributed by atoms with van der Waals surface area (Å²) in [7, 11) is 0. The smallest absolute Gasteiger partial charge is 0.251 e. The first-order valence-electron chi connectivity index (χ1n) is 5.78. The van der Waals surface area contributed by atoms with Gasteiger partial charge in [-0.25, -0.2) is 0 Å². The molecule has 0 aromatic heterocycles. The molecule has 0 fully saturated rings. The fourth-order valence-electron chi connectivity index (χ4n) is 1.54. The van der Waals surface area contributed by atoms with E-state index in [4.69, 9.17) is 11.6 Å². The molecule has 1 unspecified atom stereocenters. The molecule has 0 radical (unpaired) electrons. The van der Waals surface area contributed by atoms with Crippen molar-refractivity contribution in [2.45, 2.75) is 31.7 Å². The van der Waals surface area contributed by atoms with Crippen molar-refractivity contribution in [2.24, 2.45) is 0 Å². The second kappa shape index (κ2) is 7.30. The van der Waals surface area contributed by atoms with Crippen molar-refractivity contribution in [1.82, 2.24) is 5.32 Å². The van der Waals surface area contributed by atoms with Gasteiger partial charge in [0.1, 0.15) is 0 Å². The Hall–Kier alpha value is -1.06. The molecule has 1 atom stereocenters. The van der Waals surface area contributed by atoms with Crippen LogP contribution in [0, 0.1) is 0 Å². The standard InChI is InChI=1S/C13H18ClNO2/c1-2-4-12(16)9-15-13(17)11-6-3-5-10(7-11)8-14/h3,5-7,12,16H,2,4,8-9H2,1H3,(H,15,17). The summed E-state index contributed by atoms with van der Waals surface area (Å²) in [5, 5.41) is 12.2. The zero-order valence-corrected chi connectivity index (χ0v) is 10.7. The molecule has 0 spiro atoms. The Morgan fingerprint density at radius 1 is 1.53 bits per heavy atom. The average Bonchev–Trinajstić information content (AvgIpc) is 2.36. The average molecular weight is 256 g/mol. The summed E-state index contributed by atoms with van der Waals surface area (Å²) < 4.78 is 0. The maximum atomic E-state index is 11.8. The van der Waals surface area contributed by atoms with E-state index in [1.165, 1.54) is 0 Å². The lowest BCUT2D eigenvalue weighted by Crippen LogP contribution is -2.32. The van der Waals surface area contributed by atoms with Crippen LogP contribution in [0.4, 0.5) is 0 Å². The van der Waals surface area contributed by atoms with E-state index in [0.717, 1.165) is 12.0 Å². The molecule has 2 N–H and O–H groups in total. The molecular weight excluding hydrogens is 238 g/mol. The molecule has 4 heteroatoms. The van der Waals surface area contributed by atoms with E-state index in [9.17, 15) is 9.90 Å². The van der Waals surface area contributed by atoms with E-state index in [2.05, 4.69) is 5.32 Å². The molecule has 0 saturated heterocycles. The van der Waals surface area contributed by atoms with Crippen molar-refractivity contribution in [3.63, 3.8) is 0 Å². The maximum absolute atomic E-state index is 11.8. The number of aliphatic hydroxyl groups excluding tert-OH is 1. The second-order valence-corrected chi connectivity index (χ2v) is 4.25. The molecule has 1 amide bonds. The number of aliphatic hydroxyl groups is 1. The monoisotopic (exact) mass is 255 g/mol. The Morgan fingerprint density at radius 3 is 2.94 bits per heavy atom. The second-order valence-electron chi connectivity index (χ2n) is 3.99. The molecule has 1 aromatic carbocycles. The first-order chi connectivity index (χ1) is 8.17. The third kappa shape index (κ3) is 4.75. The number of rotatable bonds is 6. The fourth-order valence-corrected chi connectivity index (χ4v) is 1.71. The lowest BCUT2D eigenvalue weighted by atomic mass is 10.1. The highest BCUT2D eigenvalue weighted by Crippen LogP contribution is 2.07. The molecule has 17 heavy (non-hydrogen) atoms. The van der Waals surface area contributed by atoms with E-state index in [1.807, 2.05) is 13.0 Å². The largest absolute Gasteiger partial charge is 0.391 e. The summed E-state index contributed by atoms with van der Waals surface area (Å²) in [5.74, 6) is 0.215. The Bertz CT molecular complexity index is 368. The van der Waals surface area contributed by atoms with E-state index in [-0.39, 0.29) is 12.5 Å². The number of nitrogens with one attached hydrogen (secondary N) is 1. The van der Waals surface area contributed by atoms with E-state index in [0.29, 0.717) is 17.9 Å². The number of benzene rings is 1. The normalized spacial score (nSPS) is 12.2. The van der Waals surface area contributed by atoms with Crippen LogP contribution < -0.4 is 5.32 Å². The van der Waals surface area contributed by atoms with Gasteiger partial charge in [-0.1, -0.05) is 25.5 Å². The van der Waals surface area contributed by atoms with Crippen molar-refractivity contribution in [3.05, 3.63) is 35.4 Å². The summed E-state index contributed by atoms with van der Waals surface area (Å²) in [5.41, 5.74) is 1.49. The highest BCUT2D eigenvalue weighted by molar-refractivity contribution is 6.17. The van der Waals surface area contributed by atoms with Crippen LogP contribution in [0.3, 0.4) is 0 Å². The van der Waals surface area contributed by atoms with Crippen LogP contribution >= 0.6 is 11.6 Å². The van der Waals surface area contributed by atoms with Crippen LogP contribution in [0.1, 0.15) is 35.7 Å². The summed E-state index contributed by atoms with van der Waals surface area (Å²) in [6.07, 6.45) is 1.13. The summed E-state index contributed by atoms with van der Waals surface area (Å²) in [4.78, 5) is 11.8. The molecule has 0 aliphatic heterocycles. The van der Waals surface area contributed by atoms with E-state index < -0.39 is 6.10 Å². The first kappa shape index (κ1) is 14.0.